The van der Waals surface area contributed by atoms with Crippen LogP contribution in [0.2, 0.25) is 0 Å². The van der Waals surface area contributed by atoms with Crippen molar-refractivity contribution in [3.05, 3.63) is 102 Å². The first-order valence-corrected chi connectivity index (χ1v) is 9.58. The number of rotatable bonds is 3. The summed E-state index contributed by atoms with van der Waals surface area (Å²) < 4.78 is 12.3. The lowest BCUT2D eigenvalue weighted by Gasteiger charge is -2.37. The van der Waals surface area contributed by atoms with Gasteiger partial charge in [0.1, 0.15) is 0 Å². The highest BCUT2D eigenvalue weighted by Gasteiger charge is 2.44. The molecular weight excluding hydrogens is 350 g/mol. The molecule has 1 aliphatic carbocycles. The Hall–Kier alpha value is -2.95. The highest BCUT2D eigenvalue weighted by Crippen LogP contribution is 2.43. The van der Waals surface area contributed by atoms with E-state index in [2.05, 4.69) is 11.4 Å². The Morgan fingerprint density at radius 2 is 1.61 bits per heavy atom. The summed E-state index contributed by atoms with van der Waals surface area (Å²) in [6.07, 6.45) is 7.95. The molecule has 2 aromatic rings. The Morgan fingerprint density at radius 1 is 0.929 bits per heavy atom. The van der Waals surface area contributed by atoms with Gasteiger partial charge in [0.05, 0.1) is 19.3 Å². The molecular formula is C24H21NO3. The van der Waals surface area contributed by atoms with Gasteiger partial charge in [-0.2, -0.15) is 0 Å². The molecule has 0 spiro atoms. The van der Waals surface area contributed by atoms with E-state index in [4.69, 9.17) is 9.47 Å². The zero-order valence-corrected chi connectivity index (χ0v) is 15.4. The van der Waals surface area contributed by atoms with Crippen LogP contribution in [0.1, 0.15) is 11.1 Å². The molecule has 3 aliphatic rings. The summed E-state index contributed by atoms with van der Waals surface area (Å²) in [5, 5.41) is 3.05. The third kappa shape index (κ3) is 2.82. The molecule has 2 atom stereocenters. The molecule has 4 nitrogen and oxygen atoms in total. The lowest BCUT2D eigenvalue weighted by molar-refractivity contribution is -0.131. The van der Waals surface area contributed by atoms with E-state index >= 15 is 0 Å². The molecule has 1 amide bonds. The van der Waals surface area contributed by atoms with Crippen LogP contribution in [-0.4, -0.2) is 25.2 Å². The maximum Gasteiger partial charge on any atom is 0.244 e. The van der Waals surface area contributed by atoms with Crippen molar-refractivity contribution >= 4 is 11.5 Å². The van der Waals surface area contributed by atoms with Gasteiger partial charge in [0.15, 0.2) is 0 Å². The van der Waals surface area contributed by atoms with Crippen LogP contribution in [0, 0.1) is 5.92 Å². The van der Waals surface area contributed by atoms with Gasteiger partial charge < -0.3 is 14.8 Å². The van der Waals surface area contributed by atoms with Gasteiger partial charge >= 0.3 is 0 Å². The van der Waals surface area contributed by atoms with E-state index in [9.17, 15) is 4.79 Å². The molecule has 28 heavy (non-hydrogen) atoms. The Morgan fingerprint density at radius 3 is 2.32 bits per heavy atom. The van der Waals surface area contributed by atoms with Crippen molar-refractivity contribution in [2.75, 3.05) is 13.2 Å². The SMILES string of the molecule is O=C1C=C(c2ccccc2)C2C=C(C3(c4ccccc4)OCCO3)C=CC2N1. The summed E-state index contributed by atoms with van der Waals surface area (Å²) in [5.41, 5.74) is 4.01. The van der Waals surface area contributed by atoms with Crippen LogP contribution in [-0.2, 0) is 20.1 Å². The first-order valence-electron chi connectivity index (χ1n) is 9.58. The number of hydrogen-bond acceptors (Lipinski definition) is 3. The van der Waals surface area contributed by atoms with Crippen molar-refractivity contribution < 1.29 is 14.3 Å². The Labute approximate surface area is 164 Å². The Balaban J connectivity index is 1.60. The number of ether oxygens (including phenoxy) is 2. The first kappa shape index (κ1) is 17.2. The Kier molecular flexibility index (Phi) is 4.23. The smallest absolute Gasteiger partial charge is 0.244 e. The Bertz CT molecular complexity index is 969. The van der Waals surface area contributed by atoms with Gasteiger partial charge in [0.2, 0.25) is 11.7 Å². The number of nitrogens with one attached hydrogen (secondary N) is 1. The second-order valence-corrected chi connectivity index (χ2v) is 7.19. The average molecular weight is 371 g/mol. The molecule has 2 heterocycles. The quantitative estimate of drug-likeness (QED) is 0.897. The number of amides is 1. The molecule has 0 radical (unpaired) electrons. The van der Waals surface area contributed by atoms with Gasteiger partial charge in [-0.3, -0.25) is 4.79 Å². The maximum atomic E-state index is 12.2. The highest BCUT2D eigenvalue weighted by atomic mass is 16.7. The van der Waals surface area contributed by atoms with Crippen molar-refractivity contribution in [2.45, 2.75) is 11.8 Å². The van der Waals surface area contributed by atoms with Crippen LogP contribution in [0.15, 0.2) is 90.5 Å². The summed E-state index contributed by atoms with van der Waals surface area (Å²) in [5.74, 6) is -0.937. The van der Waals surface area contributed by atoms with E-state index in [1.165, 1.54) is 0 Å². The van der Waals surface area contributed by atoms with Crippen molar-refractivity contribution in [3.8, 4) is 0 Å². The average Bonchev–Trinajstić information content (AvgIpc) is 3.25. The molecule has 0 saturated carbocycles. The van der Waals surface area contributed by atoms with Gasteiger partial charge in [-0.1, -0.05) is 78.9 Å². The lowest BCUT2D eigenvalue weighted by Crippen LogP contribution is -2.44. The minimum absolute atomic E-state index is 0.0217. The predicted molar refractivity (Wildman–Crippen MR) is 107 cm³/mol. The van der Waals surface area contributed by atoms with Crippen molar-refractivity contribution in [1.82, 2.24) is 5.32 Å². The summed E-state index contributed by atoms with van der Waals surface area (Å²) >= 11 is 0. The van der Waals surface area contributed by atoms with Crippen molar-refractivity contribution in [1.29, 1.82) is 0 Å². The number of carbonyl (C=O) groups is 1. The number of carbonyl (C=O) groups excluding carboxylic acids is 1. The van der Waals surface area contributed by atoms with Crippen molar-refractivity contribution in [3.63, 3.8) is 0 Å². The topological polar surface area (TPSA) is 47.6 Å². The van der Waals surface area contributed by atoms with Gasteiger partial charge in [0.25, 0.3) is 0 Å². The largest absolute Gasteiger partial charge is 0.345 e. The second kappa shape index (κ2) is 6.89. The fourth-order valence-electron chi connectivity index (χ4n) is 4.24. The van der Waals surface area contributed by atoms with Crippen LogP contribution < -0.4 is 5.32 Å². The van der Waals surface area contributed by atoms with E-state index in [1.807, 2.05) is 72.8 Å². The molecule has 1 fully saturated rings. The minimum Gasteiger partial charge on any atom is -0.345 e. The third-order valence-corrected chi connectivity index (χ3v) is 5.52. The van der Waals surface area contributed by atoms with Gasteiger partial charge in [-0.25, -0.2) is 0 Å². The van der Waals surface area contributed by atoms with E-state index in [-0.39, 0.29) is 17.9 Å². The monoisotopic (exact) mass is 371 g/mol. The highest BCUT2D eigenvalue weighted by molar-refractivity contribution is 5.98. The van der Waals surface area contributed by atoms with Gasteiger partial charge in [-0.15, -0.1) is 0 Å². The fourth-order valence-corrected chi connectivity index (χ4v) is 4.24. The molecule has 4 heteroatoms. The summed E-state index contributed by atoms with van der Waals surface area (Å²) in [7, 11) is 0. The molecule has 0 bridgehead atoms. The normalized spacial score (nSPS) is 25.5. The van der Waals surface area contributed by atoms with E-state index in [0.717, 1.165) is 22.3 Å². The molecule has 2 aromatic carbocycles. The minimum atomic E-state index is -0.897. The van der Waals surface area contributed by atoms with Crippen LogP contribution in [0.25, 0.3) is 5.57 Å². The van der Waals surface area contributed by atoms with E-state index in [1.54, 1.807) is 6.08 Å². The molecule has 1 saturated heterocycles. The lowest BCUT2D eigenvalue weighted by atomic mass is 9.78. The zero-order chi connectivity index (χ0) is 19.0. The van der Waals surface area contributed by atoms with Crippen LogP contribution >= 0.6 is 0 Å². The number of hydrogen-bond donors (Lipinski definition) is 1. The summed E-state index contributed by atoms with van der Waals surface area (Å²) in [6, 6.07) is 20.0. The van der Waals surface area contributed by atoms with Crippen molar-refractivity contribution in [2.24, 2.45) is 5.92 Å². The molecule has 0 aromatic heterocycles. The second-order valence-electron chi connectivity index (χ2n) is 7.19. The molecule has 140 valence electrons. The number of benzene rings is 2. The van der Waals surface area contributed by atoms with Gasteiger partial charge in [0, 0.05) is 23.1 Å². The van der Waals surface area contributed by atoms with Crippen LogP contribution in [0.5, 0.6) is 0 Å². The molecule has 5 rings (SSSR count). The predicted octanol–water partition coefficient (Wildman–Crippen LogP) is 3.58. The third-order valence-electron chi connectivity index (χ3n) is 5.52. The first-order chi connectivity index (χ1) is 13.8. The number of fused-ring (bicyclic) bond motifs is 1. The zero-order valence-electron chi connectivity index (χ0n) is 15.4. The maximum absolute atomic E-state index is 12.2. The van der Waals surface area contributed by atoms with Gasteiger partial charge in [-0.05, 0) is 11.1 Å². The molecule has 1 N–H and O–H groups in total. The fraction of sp³-hybridized carbons (Fsp3) is 0.208. The summed E-state index contributed by atoms with van der Waals surface area (Å²) in [4.78, 5) is 12.2. The van der Waals surface area contributed by atoms with Crippen LogP contribution in [0.4, 0.5) is 0 Å². The molecule has 2 unspecified atom stereocenters. The van der Waals surface area contributed by atoms with Crippen LogP contribution in [0.3, 0.4) is 0 Å². The molecule has 2 aliphatic heterocycles. The van der Waals surface area contributed by atoms with E-state index < -0.39 is 5.79 Å². The van der Waals surface area contributed by atoms with E-state index in [0.29, 0.717) is 13.2 Å². The summed E-state index contributed by atoms with van der Waals surface area (Å²) in [6.45, 7) is 1.10. The standard InChI is InChI=1S/C24H21NO3/c26-23-16-20(17-7-3-1-4-8-17)21-15-19(11-12-22(21)25-23)24(27-13-14-28-24)18-9-5-2-6-10-18/h1-12,15-16,21-22H,13-14H2,(H,25,26).